The summed E-state index contributed by atoms with van der Waals surface area (Å²) in [6.07, 6.45) is 0. The number of benzene rings is 2. The van der Waals surface area contributed by atoms with E-state index in [0.29, 0.717) is 5.02 Å². The van der Waals surface area contributed by atoms with E-state index in [2.05, 4.69) is 0 Å². The summed E-state index contributed by atoms with van der Waals surface area (Å²) in [4.78, 5) is 0. The molecule has 0 aliphatic rings. The maximum atomic E-state index is 8.98. The molecular weight excluding hydrogens is 299 g/mol. The molecule has 0 radical (unpaired) electrons. The molecule has 2 rings (SSSR count). The van der Waals surface area contributed by atoms with Gasteiger partial charge in [-0.1, -0.05) is 53.5 Å². The topological polar surface area (TPSA) is 20.2 Å². The molecule has 2 aromatic carbocycles. The van der Waals surface area contributed by atoms with Crippen LogP contribution >= 0.6 is 35.0 Å². The van der Waals surface area contributed by atoms with Crippen molar-refractivity contribution in [2.24, 2.45) is 0 Å². The molecule has 1 nitrogen and oxygen atoms in total. The van der Waals surface area contributed by atoms with Crippen molar-refractivity contribution in [3.05, 3.63) is 69.2 Å². The summed E-state index contributed by atoms with van der Waals surface area (Å²) in [6.45, 7) is 0.0911. The number of rotatable bonds is 5. The molecule has 1 N–H and O–H groups in total. The minimum Gasteiger partial charge on any atom is -0.392 e. The predicted molar refractivity (Wildman–Crippen MR) is 83.8 cm³/mol. The van der Waals surface area contributed by atoms with E-state index in [1.807, 2.05) is 36.4 Å². The predicted octanol–water partition coefficient (Wildman–Crippen LogP) is 4.92. The molecule has 0 amide bonds. The molecule has 2 aromatic rings. The van der Waals surface area contributed by atoms with Crippen LogP contribution in [0.15, 0.2) is 42.5 Å². The van der Waals surface area contributed by atoms with E-state index in [9.17, 15) is 0 Å². The zero-order valence-corrected chi connectivity index (χ0v) is 12.6. The van der Waals surface area contributed by atoms with E-state index < -0.39 is 0 Å². The third-order valence-electron chi connectivity index (χ3n) is 2.75. The molecule has 0 fully saturated rings. The summed E-state index contributed by atoms with van der Waals surface area (Å²) in [6, 6.07) is 13.6. The lowest BCUT2D eigenvalue weighted by Crippen LogP contribution is -1.87. The first-order valence-corrected chi connectivity index (χ1v) is 7.80. The summed E-state index contributed by atoms with van der Waals surface area (Å²) in [7, 11) is 0. The van der Waals surface area contributed by atoms with Gasteiger partial charge in [0, 0.05) is 21.6 Å². The lowest BCUT2D eigenvalue weighted by atomic mass is 10.2. The van der Waals surface area contributed by atoms with Crippen molar-refractivity contribution in [2.45, 2.75) is 18.1 Å². The highest BCUT2D eigenvalue weighted by Crippen LogP contribution is 2.26. The van der Waals surface area contributed by atoms with Gasteiger partial charge >= 0.3 is 0 Å². The minimum absolute atomic E-state index is 0.0911. The molecule has 100 valence electrons. The van der Waals surface area contributed by atoms with E-state index in [1.54, 1.807) is 17.8 Å². The van der Waals surface area contributed by atoms with Crippen LogP contribution in [0.1, 0.15) is 16.7 Å². The zero-order valence-electron chi connectivity index (χ0n) is 10.3. The van der Waals surface area contributed by atoms with Crippen LogP contribution in [-0.2, 0) is 18.1 Å². The summed E-state index contributed by atoms with van der Waals surface area (Å²) in [5.41, 5.74) is 3.28. The van der Waals surface area contributed by atoms with Crippen LogP contribution in [-0.4, -0.2) is 5.11 Å². The highest BCUT2D eigenvalue weighted by Gasteiger charge is 2.02. The SMILES string of the molecule is OCc1ccc(CSCc2ccc(Cl)cc2Cl)cc1. The third kappa shape index (κ3) is 4.43. The molecule has 0 saturated carbocycles. The smallest absolute Gasteiger partial charge is 0.0681 e. The monoisotopic (exact) mass is 312 g/mol. The largest absolute Gasteiger partial charge is 0.392 e. The molecule has 0 spiro atoms. The Morgan fingerprint density at radius 1 is 0.895 bits per heavy atom. The van der Waals surface area contributed by atoms with Crippen molar-refractivity contribution in [3.63, 3.8) is 0 Å². The van der Waals surface area contributed by atoms with Gasteiger partial charge in [0.25, 0.3) is 0 Å². The van der Waals surface area contributed by atoms with Crippen LogP contribution in [0.3, 0.4) is 0 Å². The summed E-state index contributed by atoms with van der Waals surface area (Å²) in [5.74, 6) is 1.78. The van der Waals surface area contributed by atoms with Crippen molar-refractivity contribution in [1.82, 2.24) is 0 Å². The van der Waals surface area contributed by atoms with Gasteiger partial charge in [-0.15, -0.1) is 0 Å². The van der Waals surface area contributed by atoms with Gasteiger partial charge in [0.05, 0.1) is 6.61 Å². The van der Waals surface area contributed by atoms with E-state index in [4.69, 9.17) is 28.3 Å². The molecule has 0 heterocycles. The first kappa shape index (κ1) is 14.7. The molecule has 0 saturated heterocycles. The summed E-state index contributed by atoms with van der Waals surface area (Å²) in [5, 5.41) is 10.4. The second kappa shape index (κ2) is 7.20. The van der Waals surface area contributed by atoms with Crippen LogP contribution in [0, 0.1) is 0 Å². The maximum absolute atomic E-state index is 8.98. The molecule has 0 bridgehead atoms. The molecule has 19 heavy (non-hydrogen) atoms. The Morgan fingerprint density at radius 3 is 2.21 bits per heavy atom. The Balaban J connectivity index is 1.88. The lowest BCUT2D eigenvalue weighted by molar-refractivity contribution is 0.282. The van der Waals surface area contributed by atoms with Gasteiger partial charge in [0.2, 0.25) is 0 Å². The first-order valence-electron chi connectivity index (χ1n) is 5.89. The van der Waals surface area contributed by atoms with Crippen LogP contribution < -0.4 is 0 Å². The van der Waals surface area contributed by atoms with E-state index in [-0.39, 0.29) is 6.61 Å². The molecule has 0 unspecified atom stereocenters. The van der Waals surface area contributed by atoms with Crippen LogP contribution in [0.4, 0.5) is 0 Å². The zero-order chi connectivity index (χ0) is 13.7. The van der Waals surface area contributed by atoms with Crippen LogP contribution in [0.2, 0.25) is 10.0 Å². The molecule has 0 aromatic heterocycles. The highest BCUT2D eigenvalue weighted by atomic mass is 35.5. The molecule has 0 aliphatic heterocycles. The lowest BCUT2D eigenvalue weighted by Gasteiger charge is -2.05. The fourth-order valence-electron chi connectivity index (χ4n) is 1.66. The third-order valence-corrected chi connectivity index (χ3v) is 4.39. The first-order chi connectivity index (χ1) is 9.19. The Morgan fingerprint density at radius 2 is 1.58 bits per heavy atom. The Labute approximate surface area is 127 Å². The number of thioether (sulfide) groups is 1. The maximum Gasteiger partial charge on any atom is 0.0681 e. The standard InChI is InChI=1S/C15H14Cl2OS/c16-14-6-5-13(15(17)7-14)10-19-9-12-3-1-11(8-18)2-4-12/h1-7,18H,8-10H2. The van der Waals surface area contributed by atoms with Gasteiger partial charge in [0.15, 0.2) is 0 Å². The van der Waals surface area contributed by atoms with Gasteiger partial charge in [-0.2, -0.15) is 11.8 Å². The van der Waals surface area contributed by atoms with Crippen molar-refractivity contribution in [3.8, 4) is 0 Å². The normalized spacial score (nSPS) is 10.7. The van der Waals surface area contributed by atoms with Crippen molar-refractivity contribution in [1.29, 1.82) is 0 Å². The number of aliphatic hydroxyl groups is 1. The van der Waals surface area contributed by atoms with Gasteiger partial charge in [-0.3, -0.25) is 0 Å². The van der Waals surface area contributed by atoms with Crippen molar-refractivity contribution in [2.75, 3.05) is 0 Å². The average molecular weight is 313 g/mol. The van der Waals surface area contributed by atoms with Gasteiger partial charge in [-0.25, -0.2) is 0 Å². The Hall–Kier alpha value is -0.670. The second-order valence-corrected chi connectivity index (χ2v) is 6.03. The average Bonchev–Trinajstić information content (AvgIpc) is 2.42. The van der Waals surface area contributed by atoms with E-state index in [1.165, 1.54) is 5.56 Å². The fraction of sp³-hybridized carbons (Fsp3) is 0.200. The second-order valence-electron chi connectivity index (χ2n) is 4.20. The molecule has 0 atom stereocenters. The number of hydrogen-bond donors (Lipinski definition) is 1. The van der Waals surface area contributed by atoms with E-state index in [0.717, 1.165) is 27.7 Å². The Bertz CT molecular complexity index is 540. The summed E-state index contributed by atoms with van der Waals surface area (Å²) >= 11 is 13.8. The number of halogens is 2. The summed E-state index contributed by atoms with van der Waals surface area (Å²) < 4.78 is 0. The van der Waals surface area contributed by atoms with Gasteiger partial charge < -0.3 is 5.11 Å². The van der Waals surface area contributed by atoms with Gasteiger partial charge in [-0.05, 0) is 28.8 Å². The van der Waals surface area contributed by atoms with Crippen LogP contribution in [0.25, 0.3) is 0 Å². The molecule has 0 aliphatic carbocycles. The quantitative estimate of drug-likeness (QED) is 0.845. The fourth-order valence-corrected chi connectivity index (χ4v) is 3.21. The van der Waals surface area contributed by atoms with Gasteiger partial charge in [0.1, 0.15) is 0 Å². The molecule has 4 heteroatoms. The van der Waals surface area contributed by atoms with Crippen molar-refractivity contribution < 1.29 is 5.11 Å². The van der Waals surface area contributed by atoms with Crippen LogP contribution in [0.5, 0.6) is 0 Å². The van der Waals surface area contributed by atoms with Crippen molar-refractivity contribution >= 4 is 35.0 Å². The highest BCUT2D eigenvalue weighted by molar-refractivity contribution is 7.97. The number of aliphatic hydroxyl groups excluding tert-OH is 1. The van der Waals surface area contributed by atoms with E-state index >= 15 is 0 Å². The number of hydrogen-bond acceptors (Lipinski definition) is 2. The minimum atomic E-state index is 0.0911. The Kier molecular flexibility index (Phi) is 5.59. The molecular formula is C15H14Cl2OS.